The number of rotatable bonds is 6. The normalized spacial score (nSPS) is 10.7. The van der Waals surface area contributed by atoms with Crippen LogP contribution in [0.4, 0.5) is 10.1 Å². The van der Waals surface area contributed by atoms with Gasteiger partial charge in [0.1, 0.15) is 11.4 Å². The number of thiophene rings is 1. The summed E-state index contributed by atoms with van der Waals surface area (Å²) < 4.78 is 14.8. The maximum absolute atomic E-state index is 13.9. The zero-order valence-corrected chi connectivity index (χ0v) is 17.4. The monoisotopic (exact) mass is 461 g/mol. The highest BCUT2D eigenvalue weighted by molar-refractivity contribution is 9.10. The number of anilines is 1. The van der Waals surface area contributed by atoms with E-state index in [1.54, 1.807) is 24.4 Å². The lowest BCUT2D eigenvalue weighted by Crippen LogP contribution is -2.14. The highest BCUT2D eigenvalue weighted by Crippen LogP contribution is 2.36. The molecule has 3 rings (SSSR count). The van der Waals surface area contributed by atoms with Crippen LogP contribution in [0.2, 0.25) is 0 Å². The lowest BCUT2D eigenvalue weighted by atomic mass is 10.1. The van der Waals surface area contributed by atoms with Crippen molar-refractivity contribution in [1.29, 1.82) is 0 Å². The summed E-state index contributed by atoms with van der Waals surface area (Å²) in [5, 5.41) is 13.9. The minimum atomic E-state index is -1.11. The molecule has 0 aliphatic rings. The van der Waals surface area contributed by atoms with E-state index in [-0.39, 0.29) is 35.8 Å². The van der Waals surface area contributed by atoms with Crippen LogP contribution >= 0.6 is 27.3 Å². The van der Waals surface area contributed by atoms with Gasteiger partial charge >= 0.3 is 5.97 Å². The molecule has 0 fully saturated rings. The van der Waals surface area contributed by atoms with Gasteiger partial charge in [-0.15, -0.1) is 11.3 Å². The number of carboxylic acids is 1. The van der Waals surface area contributed by atoms with Gasteiger partial charge in [0.2, 0.25) is 5.91 Å². The number of amides is 1. The lowest BCUT2D eigenvalue weighted by Gasteiger charge is -2.07. The molecule has 1 heterocycles. The third kappa shape index (κ3) is 4.66. The summed E-state index contributed by atoms with van der Waals surface area (Å²) >= 11 is 4.61. The number of carbonyl (C=O) groups is 2. The van der Waals surface area contributed by atoms with Crippen molar-refractivity contribution in [3.8, 4) is 10.4 Å². The third-order valence-electron chi connectivity index (χ3n) is 4.22. The third-order valence-corrected chi connectivity index (χ3v) is 5.77. The van der Waals surface area contributed by atoms with E-state index >= 15 is 0 Å². The van der Waals surface area contributed by atoms with E-state index in [4.69, 9.17) is 0 Å². The number of hydrogen-bond acceptors (Lipinski definition) is 3. The van der Waals surface area contributed by atoms with Gasteiger partial charge in [0, 0.05) is 16.3 Å². The number of aryl methyl sites for hydroxylation is 2. The molecule has 144 valence electrons. The van der Waals surface area contributed by atoms with Gasteiger partial charge in [0.25, 0.3) is 0 Å². The van der Waals surface area contributed by atoms with Crippen molar-refractivity contribution in [1.82, 2.24) is 0 Å². The molecule has 0 radical (unpaired) electrons. The van der Waals surface area contributed by atoms with E-state index in [1.165, 1.54) is 17.4 Å². The molecule has 0 spiro atoms. The first kappa shape index (κ1) is 20.2. The van der Waals surface area contributed by atoms with Crippen molar-refractivity contribution in [2.24, 2.45) is 0 Å². The van der Waals surface area contributed by atoms with E-state index in [0.717, 1.165) is 15.6 Å². The minimum absolute atomic E-state index is 0.0576. The van der Waals surface area contributed by atoms with Gasteiger partial charge in [-0.05, 0) is 48.2 Å². The van der Waals surface area contributed by atoms with Crippen molar-refractivity contribution >= 4 is 44.8 Å². The van der Waals surface area contributed by atoms with E-state index in [2.05, 4.69) is 21.2 Å². The molecule has 0 unspecified atom stereocenters. The molecule has 0 atom stereocenters. The van der Waals surface area contributed by atoms with Crippen molar-refractivity contribution in [3.63, 3.8) is 0 Å². The van der Waals surface area contributed by atoms with Gasteiger partial charge in [-0.2, -0.15) is 0 Å². The second-order valence-electron chi connectivity index (χ2n) is 6.31. The summed E-state index contributed by atoms with van der Waals surface area (Å²) in [7, 11) is 0. The Hall–Kier alpha value is -2.51. The molecule has 2 N–H and O–H groups in total. The molecule has 2 aromatic carbocycles. The predicted molar refractivity (Wildman–Crippen MR) is 113 cm³/mol. The van der Waals surface area contributed by atoms with Crippen molar-refractivity contribution < 1.29 is 19.1 Å². The van der Waals surface area contributed by atoms with Crippen molar-refractivity contribution in [2.75, 3.05) is 5.32 Å². The fourth-order valence-corrected chi connectivity index (χ4v) is 4.06. The van der Waals surface area contributed by atoms with Crippen LogP contribution in [0, 0.1) is 12.7 Å². The minimum Gasteiger partial charge on any atom is -0.478 e. The number of nitrogens with one attached hydrogen (secondary N) is 1. The first-order valence-electron chi connectivity index (χ1n) is 8.50. The number of hydrogen-bond donors (Lipinski definition) is 2. The van der Waals surface area contributed by atoms with Crippen molar-refractivity contribution in [2.45, 2.75) is 19.8 Å². The Balaban J connectivity index is 1.75. The van der Waals surface area contributed by atoms with Gasteiger partial charge in [0.15, 0.2) is 0 Å². The van der Waals surface area contributed by atoms with Gasteiger partial charge in [-0.3, -0.25) is 4.79 Å². The summed E-state index contributed by atoms with van der Waals surface area (Å²) in [4.78, 5) is 24.6. The van der Waals surface area contributed by atoms with Crippen LogP contribution in [-0.4, -0.2) is 17.0 Å². The quantitative estimate of drug-likeness (QED) is 0.480. The lowest BCUT2D eigenvalue weighted by molar-refractivity contribution is -0.116. The Morgan fingerprint density at radius 2 is 1.89 bits per heavy atom. The maximum Gasteiger partial charge on any atom is 0.339 e. The average molecular weight is 462 g/mol. The van der Waals surface area contributed by atoms with E-state index in [1.807, 2.05) is 24.3 Å². The van der Waals surface area contributed by atoms with Crippen LogP contribution < -0.4 is 5.32 Å². The first-order chi connectivity index (χ1) is 13.3. The molecule has 1 amide bonds. The van der Waals surface area contributed by atoms with E-state index in [0.29, 0.717) is 10.4 Å². The standard InChI is InChI=1S/C21H17BrFNO3S/c1-12-2-3-13(16(23)10-12)6-9-18(25)24-17-11-28-20(19(17)21(26)27)14-4-7-15(22)8-5-14/h2-5,7-8,10-11H,6,9H2,1H3,(H,24,25)(H,26,27). The topological polar surface area (TPSA) is 66.4 Å². The Bertz CT molecular complexity index is 1030. The number of halogens is 2. The summed E-state index contributed by atoms with van der Waals surface area (Å²) in [6.07, 6.45) is 0.298. The molecule has 0 aliphatic carbocycles. The Kier molecular flexibility index (Phi) is 6.26. The fraction of sp³-hybridized carbons (Fsp3) is 0.143. The molecule has 7 heteroatoms. The predicted octanol–water partition coefficient (Wildman–Crippen LogP) is 5.89. The van der Waals surface area contributed by atoms with Crippen LogP contribution in [0.5, 0.6) is 0 Å². The second kappa shape index (κ2) is 8.67. The first-order valence-corrected chi connectivity index (χ1v) is 10.2. The van der Waals surface area contributed by atoms with Crippen molar-refractivity contribution in [3.05, 3.63) is 74.8 Å². The SMILES string of the molecule is Cc1ccc(CCC(=O)Nc2csc(-c3ccc(Br)cc3)c2C(=O)O)c(F)c1. The molecule has 3 aromatic rings. The van der Waals surface area contributed by atoms with E-state index in [9.17, 15) is 19.1 Å². The second-order valence-corrected chi connectivity index (χ2v) is 8.10. The number of carboxylic acid groups (broad SMARTS) is 1. The highest BCUT2D eigenvalue weighted by Gasteiger charge is 2.21. The molecule has 4 nitrogen and oxygen atoms in total. The van der Waals surface area contributed by atoms with Crippen LogP contribution in [0.15, 0.2) is 52.3 Å². The fourth-order valence-electron chi connectivity index (χ4n) is 2.79. The Morgan fingerprint density at radius 3 is 2.54 bits per heavy atom. The zero-order valence-electron chi connectivity index (χ0n) is 15.0. The van der Waals surface area contributed by atoms with Gasteiger partial charge in [0.05, 0.1) is 10.6 Å². The van der Waals surface area contributed by atoms with Crippen LogP contribution in [0.3, 0.4) is 0 Å². The summed E-state index contributed by atoms with van der Waals surface area (Å²) in [6, 6.07) is 12.2. The molecule has 0 saturated heterocycles. The van der Waals surface area contributed by atoms with Crippen LogP contribution in [0.1, 0.15) is 27.9 Å². The molecular weight excluding hydrogens is 445 g/mol. The van der Waals surface area contributed by atoms with Crippen LogP contribution in [0.25, 0.3) is 10.4 Å². The molecule has 0 saturated carbocycles. The van der Waals surface area contributed by atoms with Gasteiger partial charge < -0.3 is 10.4 Å². The largest absolute Gasteiger partial charge is 0.478 e. The van der Waals surface area contributed by atoms with Gasteiger partial charge in [-0.25, -0.2) is 9.18 Å². The molecule has 0 aliphatic heterocycles. The van der Waals surface area contributed by atoms with E-state index < -0.39 is 5.97 Å². The summed E-state index contributed by atoms with van der Waals surface area (Å²) in [6.45, 7) is 1.80. The Labute approximate surface area is 174 Å². The van der Waals surface area contributed by atoms with Gasteiger partial charge in [-0.1, -0.05) is 40.2 Å². The number of aromatic carboxylic acids is 1. The summed E-state index contributed by atoms with van der Waals surface area (Å²) in [5.74, 6) is -1.81. The Morgan fingerprint density at radius 1 is 1.18 bits per heavy atom. The molecule has 28 heavy (non-hydrogen) atoms. The average Bonchev–Trinajstić information content (AvgIpc) is 3.05. The molecule has 1 aromatic heterocycles. The molecule has 0 bridgehead atoms. The smallest absolute Gasteiger partial charge is 0.339 e. The number of carbonyl (C=O) groups excluding carboxylic acids is 1. The van der Waals surface area contributed by atoms with Crippen LogP contribution in [-0.2, 0) is 11.2 Å². The zero-order chi connectivity index (χ0) is 20.3. The number of benzene rings is 2. The summed E-state index contributed by atoms with van der Waals surface area (Å²) in [5.41, 5.74) is 2.34. The maximum atomic E-state index is 13.9. The molecular formula is C21H17BrFNO3S. The highest BCUT2D eigenvalue weighted by atomic mass is 79.9.